The van der Waals surface area contributed by atoms with Crippen molar-refractivity contribution in [1.82, 2.24) is 0 Å². The Morgan fingerprint density at radius 3 is 2.00 bits per heavy atom. The van der Waals surface area contributed by atoms with E-state index < -0.39 is 27.4 Å². The quantitative estimate of drug-likeness (QED) is 0.307. The highest BCUT2D eigenvalue weighted by Gasteiger charge is 2.56. The lowest BCUT2D eigenvalue weighted by molar-refractivity contribution is -0.247. The Labute approximate surface area is 208 Å². The molecule has 1 atom stereocenters. The lowest BCUT2D eigenvalue weighted by Gasteiger charge is -2.33. The fraction of sp³-hybridized carbons (Fsp3) is 0.214. The van der Waals surface area contributed by atoms with Gasteiger partial charge in [0.25, 0.3) is 10.0 Å². The Kier molecular flexibility index (Phi) is 6.86. The topological polar surface area (TPSA) is 57.6 Å². The predicted molar refractivity (Wildman–Crippen MR) is 135 cm³/mol. The molecule has 0 aliphatic heterocycles. The number of rotatable bonds is 7. The van der Waals surface area contributed by atoms with Gasteiger partial charge in [-0.15, -0.1) is 0 Å². The summed E-state index contributed by atoms with van der Waals surface area (Å²) in [5, 5.41) is 12.1. The summed E-state index contributed by atoms with van der Waals surface area (Å²) in [7, 11) is -3.96. The molecule has 1 N–H and O–H groups in total. The molecule has 0 aliphatic carbocycles. The zero-order valence-electron chi connectivity index (χ0n) is 19.8. The first-order valence-corrected chi connectivity index (χ1v) is 12.9. The van der Waals surface area contributed by atoms with Crippen molar-refractivity contribution in [3.63, 3.8) is 0 Å². The molecule has 0 fully saturated rings. The minimum absolute atomic E-state index is 0.0500. The molecule has 36 heavy (non-hydrogen) atoms. The van der Waals surface area contributed by atoms with Crippen LogP contribution in [0.4, 0.5) is 18.9 Å². The first-order valence-electron chi connectivity index (χ1n) is 11.4. The van der Waals surface area contributed by atoms with Crippen molar-refractivity contribution >= 4 is 26.5 Å². The molecule has 8 heteroatoms. The van der Waals surface area contributed by atoms with E-state index in [1.54, 1.807) is 42.5 Å². The van der Waals surface area contributed by atoms with Crippen LogP contribution in [0.2, 0.25) is 0 Å². The number of nitrogens with zero attached hydrogens (tertiary/aromatic N) is 1. The molecule has 0 aromatic heterocycles. The van der Waals surface area contributed by atoms with Gasteiger partial charge in [-0.25, -0.2) is 8.42 Å². The monoisotopic (exact) mass is 513 g/mol. The van der Waals surface area contributed by atoms with Crippen molar-refractivity contribution in [2.75, 3.05) is 10.8 Å². The van der Waals surface area contributed by atoms with Gasteiger partial charge in [-0.3, -0.25) is 4.31 Å². The molecule has 0 radical (unpaired) electrons. The van der Waals surface area contributed by atoms with Crippen molar-refractivity contribution in [2.45, 2.75) is 30.5 Å². The molecule has 4 rings (SSSR count). The van der Waals surface area contributed by atoms with Gasteiger partial charge in [0.05, 0.1) is 10.6 Å². The second-order valence-electron chi connectivity index (χ2n) is 9.02. The Morgan fingerprint density at radius 2 is 1.39 bits per heavy atom. The second kappa shape index (κ2) is 9.59. The van der Waals surface area contributed by atoms with Crippen molar-refractivity contribution in [2.24, 2.45) is 5.92 Å². The molecule has 0 amide bonds. The number of fused-ring (bicyclic) bond motifs is 1. The van der Waals surface area contributed by atoms with E-state index in [1.807, 2.05) is 13.8 Å². The second-order valence-corrected chi connectivity index (χ2v) is 10.9. The van der Waals surface area contributed by atoms with E-state index in [1.165, 1.54) is 46.8 Å². The van der Waals surface area contributed by atoms with Crippen LogP contribution in [0.25, 0.3) is 10.8 Å². The normalized spacial score (nSPS) is 14.1. The van der Waals surface area contributed by atoms with Crippen LogP contribution >= 0.6 is 0 Å². The highest BCUT2D eigenvalue weighted by Crippen LogP contribution is 2.46. The van der Waals surface area contributed by atoms with Crippen molar-refractivity contribution < 1.29 is 26.7 Å². The number of aliphatic hydroxyl groups is 1. The zero-order valence-corrected chi connectivity index (χ0v) is 20.6. The highest BCUT2D eigenvalue weighted by atomic mass is 32.2. The predicted octanol–water partition coefficient (Wildman–Crippen LogP) is 6.49. The number of alkyl halides is 3. The van der Waals surface area contributed by atoms with Gasteiger partial charge >= 0.3 is 6.18 Å². The van der Waals surface area contributed by atoms with E-state index >= 15 is 0 Å². The third-order valence-electron chi connectivity index (χ3n) is 6.02. The van der Waals surface area contributed by atoms with Gasteiger partial charge in [0.1, 0.15) is 0 Å². The van der Waals surface area contributed by atoms with Crippen LogP contribution in [0.1, 0.15) is 25.0 Å². The fourth-order valence-electron chi connectivity index (χ4n) is 4.28. The summed E-state index contributed by atoms with van der Waals surface area (Å²) in [6.07, 6.45) is -5.04. The Morgan fingerprint density at radius 1 is 0.806 bits per heavy atom. The first kappa shape index (κ1) is 25.7. The molecule has 0 spiro atoms. The standard InChI is InChI=1S/C28H26F3NO3S/c1-20(2)19-32(36(34,35)24-11-4-3-5-12-24)23-17-15-22(16-18-23)27(33,28(29,30)31)26-14-8-10-21-9-6-7-13-25(21)26/h3-18,20,33H,19H2,1-2H3. The summed E-state index contributed by atoms with van der Waals surface area (Å²) >= 11 is 0. The van der Waals surface area contributed by atoms with Crippen LogP contribution in [-0.4, -0.2) is 26.2 Å². The Bertz CT molecular complexity index is 1450. The van der Waals surface area contributed by atoms with Gasteiger partial charge in [0.2, 0.25) is 5.60 Å². The van der Waals surface area contributed by atoms with Crippen LogP contribution in [0, 0.1) is 5.92 Å². The third-order valence-corrected chi connectivity index (χ3v) is 7.83. The molecular formula is C28H26F3NO3S. The molecule has 0 saturated heterocycles. The van der Waals surface area contributed by atoms with Crippen LogP contribution in [-0.2, 0) is 15.6 Å². The maximum atomic E-state index is 14.5. The Hall–Kier alpha value is -3.36. The number of sulfonamides is 1. The summed E-state index contributed by atoms with van der Waals surface area (Å²) in [4.78, 5) is 0.0808. The Balaban J connectivity index is 1.84. The SMILES string of the molecule is CC(C)CN(c1ccc(C(O)(c2cccc3ccccc23)C(F)(F)F)cc1)S(=O)(=O)c1ccccc1. The molecule has 4 aromatic carbocycles. The molecular weight excluding hydrogens is 487 g/mol. The van der Waals surface area contributed by atoms with E-state index in [4.69, 9.17) is 0 Å². The average molecular weight is 514 g/mol. The lowest BCUT2D eigenvalue weighted by atomic mass is 9.83. The molecule has 4 aromatic rings. The van der Waals surface area contributed by atoms with E-state index in [0.29, 0.717) is 5.39 Å². The van der Waals surface area contributed by atoms with Gasteiger partial charge in [0, 0.05) is 12.1 Å². The molecule has 0 bridgehead atoms. The van der Waals surface area contributed by atoms with E-state index in [9.17, 15) is 26.7 Å². The molecule has 0 heterocycles. The lowest BCUT2D eigenvalue weighted by Crippen LogP contribution is -2.43. The largest absolute Gasteiger partial charge is 0.425 e. The molecule has 1 unspecified atom stereocenters. The van der Waals surface area contributed by atoms with E-state index in [2.05, 4.69) is 0 Å². The summed E-state index contributed by atoms with van der Waals surface area (Å²) in [5.41, 5.74) is -3.79. The summed E-state index contributed by atoms with van der Waals surface area (Å²) in [5.74, 6) is -0.0500. The summed E-state index contributed by atoms with van der Waals surface area (Å²) < 4.78 is 71.4. The van der Waals surface area contributed by atoms with Crippen molar-refractivity contribution in [3.8, 4) is 0 Å². The zero-order chi connectivity index (χ0) is 26.1. The maximum Gasteiger partial charge on any atom is 0.425 e. The van der Waals surface area contributed by atoms with Crippen LogP contribution < -0.4 is 4.31 Å². The number of anilines is 1. The number of benzene rings is 4. The van der Waals surface area contributed by atoms with E-state index in [-0.39, 0.29) is 34.0 Å². The molecule has 4 nitrogen and oxygen atoms in total. The van der Waals surface area contributed by atoms with E-state index in [0.717, 1.165) is 12.1 Å². The number of halogens is 3. The average Bonchev–Trinajstić information content (AvgIpc) is 2.86. The van der Waals surface area contributed by atoms with Crippen LogP contribution in [0.3, 0.4) is 0 Å². The van der Waals surface area contributed by atoms with Crippen molar-refractivity contribution in [3.05, 3.63) is 108 Å². The van der Waals surface area contributed by atoms with Gasteiger partial charge in [-0.1, -0.05) is 86.6 Å². The molecule has 0 aliphatic rings. The van der Waals surface area contributed by atoms with Gasteiger partial charge < -0.3 is 5.11 Å². The minimum Gasteiger partial charge on any atom is -0.372 e. The van der Waals surface area contributed by atoms with Crippen LogP contribution in [0.5, 0.6) is 0 Å². The maximum absolute atomic E-state index is 14.5. The first-order chi connectivity index (χ1) is 17.0. The van der Waals surface area contributed by atoms with Crippen molar-refractivity contribution in [1.29, 1.82) is 0 Å². The molecule has 188 valence electrons. The minimum atomic E-state index is -5.04. The molecule has 0 saturated carbocycles. The van der Waals surface area contributed by atoms with Gasteiger partial charge in [-0.2, -0.15) is 13.2 Å². The smallest absolute Gasteiger partial charge is 0.372 e. The summed E-state index contributed by atoms with van der Waals surface area (Å²) in [6, 6.07) is 23.7. The summed E-state index contributed by atoms with van der Waals surface area (Å²) in [6.45, 7) is 3.83. The highest BCUT2D eigenvalue weighted by molar-refractivity contribution is 7.92. The number of hydrogen-bond donors (Lipinski definition) is 1. The third kappa shape index (κ3) is 4.58. The van der Waals surface area contributed by atoms with Gasteiger partial charge in [-0.05, 0) is 46.5 Å². The van der Waals surface area contributed by atoms with Gasteiger partial charge in [0.15, 0.2) is 0 Å². The number of hydrogen-bond acceptors (Lipinski definition) is 3. The fourth-order valence-corrected chi connectivity index (χ4v) is 5.92. The van der Waals surface area contributed by atoms with Crippen LogP contribution in [0.15, 0.2) is 102 Å².